The second kappa shape index (κ2) is 9.06. The molecule has 1 atom stereocenters. The van der Waals surface area contributed by atoms with Crippen LogP contribution in [0.15, 0.2) is 12.1 Å². The van der Waals surface area contributed by atoms with Gasteiger partial charge in [0.05, 0.1) is 0 Å². The van der Waals surface area contributed by atoms with Crippen LogP contribution in [0, 0.1) is 18.6 Å². The molecule has 0 aliphatic heterocycles. The Kier molecular flexibility index (Phi) is 7.75. The Labute approximate surface area is 121 Å². The van der Waals surface area contributed by atoms with Gasteiger partial charge in [-0.1, -0.05) is 58.1 Å². The van der Waals surface area contributed by atoms with Gasteiger partial charge >= 0.3 is 0 Å². The van der Waals surface area contributed by atoms with Crippen LogP contribution < -0.4 is 5.32 Å². The summed E-state index contributed by atoms with van der Waals surface area (Å²) in [6.07, 6.45) is 6.75. The number of benzene rings is 1. The molecule has 0 aromatic heterocycles. The van der Waals surface area contributed by atoms with Crippen molar-refractivity contribution in [1.29, 1.82) is 0 Å². The van der Waals surface area contributed by atoms with Crippen molar-refractivity contribution in [2.45, 2.75) is 65.3 Å². The molecule has 0 bridgehead atoms. The molecule has 0 fully saturated rings. The van der Waals surface area contributed by atoms with E-state index in [1.54, 1.807) is 19.1 Å². The first kappa shape index (κ1) is 17.1. The van der Waals surface area contributed by atoms with E-state index in [4.69, 9.17) is 0 Å². The average molecular weight is 283 g/mol. The van der Waals surface area contributed by atoms with Gasteiger partial charge in [0.2, 0.25) is 0 Å². The normalized spacial score (nSPS) is 12.7. The van der Waals surface area contributed by atoms with Crippen molar-refractivity contribution in [1.82, 2.24) is 5.32 Å². The molecule has 114 valence electrons. The van der Waals surface area contributed by atoms with E-state index in [1.807, 2.05) is 6.92 Å². The predicted octanol–water partition coefficient (Wildman–Crippen LogP) is 5.28. The topological polar surface area (TPSA) is 12.0 Å². The van der Waals surface area contributed by atoms with Gasteiger partial charge < -0.3 is 5.32 Å². The maximum absolute atomic E-state index is 14.1. The fraction of sp³-hybridized carbons (Fsp3) is 0.647. The zero-order valence-corrected chi connectivity index (χ0v) is 12.9. The van der Waals surface area contributed by atoms with Crippen molar-refractivity contribution in [2.75, 3.05) is 6.54 Å². The van der Waals surface area contributed by atoms with Crippen molar-refractivity contribution >= 4 is 0 Å². The Hall–Kier alpha value is -0.960. The van der Waals surface area contributed by atoms with Crippen molar-refractivity contribution in [2.24, 2.45) is 0 Å². The second-order valence-electron chi connectivity index (χ2n) is 5.41. The lowest BCUT2D eigenvalue weighted by Crippen LogP contribution is -2.22. The summed E-state index contributed by atoms with van der Waals surface area (Å²) >= 11 is 0. The Morgan fingerprint density at radius 2 is 1.70 bits per heavy atom. The van der Waals surface area contributed by atoms with Gasteiger partial charge in [0.15, 0.2) is 11.6 Å². The number of halogens is 2. The molecule has 1 unspecified atom stereocenters. The number of aryl methyl sites for hydroxylation is 1. The summed E-state index contributed by atoms with van der Waals surface area (Å²) in [6.45, 7) is 6.53. The van der Waals surface area contributed by atoms with E-state index >= 15 is 0 Å². The molecular weight excluding hydrogens is 256 g/mol. The summed E-state index contributed by atoms with van der Waals surface area (Å²) in [5.41, 5.74) is 0.829. The largest absolute Gasteiger partial charge is 0.310 e. The molecule has 20 heavy (non-hydrogen) atoms. The van der Waals surface area contributed by atoms with Crippen molar-refractivity contribution in [3.8, 4) is 0 Å². The highest BCUT2D eigenvalue weighted by atomic mass is 19.2. The lowest BCUT2D eigenvalue weighted by Gasteiger charge is -2.19. The summed E-state index contributed by atoms with van der Waals surface area (Å²) in [7, 11) is 0. The van der Waals surface area contributed by atoms with Crippen LogP contribution in [0.3, 0.4) is 0 Å². The lowest BCUT2D eigenvalue weighted by molar-refractivity contribution is 0.436. The van der Waals surface area contributed by atoms with Crippen molar-refractivity contribution < 1.29 is 8.78 Å². The zero-order chi connectivity index (χ0) is 15.0. The number of hydrogen-bond donors (Lipinski definition) is 1. The van der Waals surface area contributed by atoms with Gasteiger partial charge in [0.25, 0.3) is 0 Å². The molecule has 0 saturated heterocycles. The van der Waals surface area contributed by atoms with E-state index in [1.165, 1.54) is 19.3 Å². The molecule has 1 aromatic carbocycles. The van der Waals surface area contributed by atoms with E-state index < -0.39 is 11.6 Å². The Morgan fingerprint density at radius 1 is 1.00 bits per heavy atom. The molecule has 1 nitrogen and oxygen atoms in total. The molecule has 1 aromatic rings. The molecule has 3 heteroatoms. The maximum Gasteiger partial charge on any atom is 0.163 e. The van der Waals surface area contributed by atoms with Crippen LogP contribution in [0.1, 0.15) is 69.5 Å². The summed E-state index contributed by atoms with van der Waals surface area (Å²) in [5, 5.41) is 3.27. The minimum absolute atomic E-state index is 0.0864. The Balaban J connectivity index is 2.68. The highest BCUT2D eigenvalue weighted by molar-refractivity contribution is 5.27. The van der Waals surface area contributed by atoms with Crippen LogP contribution in [0.4, 0.5) is 8.78 Å². The first-order valence-corrected chi connectivity index (χ1v) is 7.79. The maximum atomic E-state index is 14.1. The third kappa shape index (κ3) is 4.86. The monoisotopic (exact) mass is 283 g/mol. The molecular formula is C17H27F2N. The smallest absolute Gasteiger partial charge is 0.163 e. The van der Waals surface area contributed by atoms with E-state index in [0.29, 0.717) is 11.1 Å². The van der Waals surface area contributed by atoms with Gasteiger partial charge in [0, 0.05) is 11.6 Å². The third-order valence-electron chi connectivity index (χ3n) is 3.73. The summed E-state index contributed by atoms with van der Waals surface area (Å²) in [6, 6.07) is 3.29. The Morgan fingerprint density at radius 3 is 2.35 bits per heavy atom. The van der Waals surface area contributed by atoms with Gasteiger partial charge in [-0.15, -0.1) is 0 Å². The number of nitrogens with one attached hydrogen (secondary N) is 1. The van der Waals surface area contributed by atoms with E-state index in [0.717, 1.165) is 25.8 Å². The molecule has 0 saturated carbocycles. The first-order chi connectivity index (χ1) is 9.61. The lowest BCUT2D eigenvalue weighted by atomic mass is 9.98. The minimum Gasteiger partial charge on any atom is -0.310 e. The Bertz CT molecular complexity index is 404. The third-order valence-corrected chi connectivity index (χ3v) is 3.73. The fourth-order valence-electron chi connectivity index (χ4n) is 2.50. The molecule has 0 aliphatic carbocycles. The molecule has 1 N–H and O–H groups in total. The van der Waals surface area contributed by atoms with Crippen LogP contribution in [0.5, 0.6) is 0 Å². The molecule has 0 amide bonds. The average Bonchev–Trinajstić information content (AvgIpc) is 2.44. The first-order valence-electron chi connectivity index (χ1n) is 7.79. The number of hydrogen-bond acceptors (Lipinski definition) is 1. The van der Waals surface area contributed by atoms with Gasteiger partial charge in [-0.25, -0.2) is 8.78 Å². The van der Waals surface area contributed by atoms with Gasteiger partial charge in [-0.3, -0.25) is 0 Å². The molecule has 0 heterocycles. The van der Waals surface area contributed by atoms with Crippen molar-refractivity contribution in [3.05, 3.63) is 34.9 Å². The highest BCUT2D eigenvalue weighted by Gasteiger charge is 2.18. The number of rotatable bonds is 9. The SMILES string of the molecule is CCCCCCCC(NCC)c1ccc(C)c(F)c1F. The van der Waals surface area contributed by atoms with Gasteiger partial charge in [0.1, 0.15) is 0 Å². The van der Waals surface area contributed by atoms with Crippen LogP contribution in [0.25, 0.3) is 0 Å². The summed E-state index contributed by atoms with van der Waals surface area (Å²) < 4.78 is 27.7. The second-order valence-corrected chi connectivity index (χ2v) is 5.41. The standard InChI is InChI=1S/C17H27F2N/c1-4-6-7-8-9-10-15(20-5-2)14-12-11-13(3)16(18)17(14)19/h11-12,15,20H,4-10H2,1-3H3. The minimum atomic E-state index is -0.712. The van der Waals surface area contributed by atoms with Crippen molar-refractivity contribution in [3.63, 3.8) is 0 Å². The van der Waals surface area contributed by atoms with Crippen LogP contribution >= 0.6 is 0 Å². The molecule has 0 aliphatic rings. The summed E-state index contributed by atoms with van der Waals surface area (Å²) in [5.74, 6) is -1.40. The molecule has 1 rings (SSSR count). The summed E-state index contributed by atoms with van der Waals surface area (Å²) in [4.78, 5) is 0. The van der Waals surface area contributed by atoms with E-state index in [-0.39, 0.29) is 6.04 Å². The molecule has 0 radical (unpaired) electrons. The highest BCUT2D eigenvalue weighted by Crippen LogP contribution is 2.25. The molecule has 0 spiro atoms. The van der Waals surface area contributed by atoms with Crippen LogP contribution in [-0.4, -0.2) is 6.54 Å². The van der Waals surface area contributed by atoms with E-state index in [2.05, 4.69) is 12.2 Å². The fourth-order valence-corrected chi connectivity index (χ4v) is 2.50. The van der Waals surface area contributed by atoms with Crippen LogP contribution in [0.2, 0.25) is 0 Å². The van der Waals surface area contributed by atoms with E-state index in [9.17, 15) is 8.78 Å². The quantitative estimate of drug-likeness (QED) is 0.608. The number of unbranched alkanes of at least 4 members (excludes halogenated alkanes) is 4. The predicted molar refractivity (Wildman–Crippen MR) is 80.9 cm³/mol. The zero-order valence-electron chi connectivity index (χ0n) is 12.9. The van der Waals surface area contributed by atoms with Gasteiger partial charge in [-0.2, -0.15) is 0 Å². The van der Waals surface area contributed by atoms with Gasteiger partial charge in [-0.05, 0) is 25.5 Å². The van der Waals surface area contributed by atoms with Crippen LogP contribution in [-0.2, 0) is 0 Å².